The summed E-state index contributed by atoms with van der Waals surface area (Å²) < 4.78 is 27.1. The highest BCUT2D eigenvalue weighted by Crippen LogP contribution is 2.23. The molecule has 0 bridgehead atoms. The molecule has 35 heavy (non-hydrogen) atoms. The van der Waals surface area contributed by atoms with Crippen LogP contribution in [0, 0.1) is 18.6 Å². The number of piperazine rings is 1. The van der Waals surface area contributed by atoms with Gasteiger partial charge in [-0.3, -0.25) is 14.4 Å². The number of nitrogens with zero attached hydrogens (tertiary/aromatic N) is 2. The van der Waals surface area contributed by atoms with Crippen molar-refractivity contribution in [1.29, 1.82) is 0 Å². The number of carbonyl (C=O) groups excluding carboxylic acids is 3. The first-order valence-electron chi connectivity index (χ1n) is 11.3. The number of aryl methyl sites for hydroxylation is 1. The molecule has 180 valence electrons. The zero-order valence-electron chi connectivity index (χ0n) is 19.3. The Morgan fingerprint density at radius 3 is 2.17 bits per heavy atom. The lowest BCUT2D eigenvalue weighted by atomic mass is 10.0. The highest BCUT2D eigenvalue weighted by Gasteiger charge is 2.25. The number of halogens is 2. The molecule has 0 aliphatic carbocycles. The minimum absolute atomic E-state index is 0.0486. The first-order chi connectivity index (χ1) is 16.8. The van der Waals surface area contributed by atoms with Crippen molar-refractivity contribution in [2.75, 3.05) is 32.7 Å². The highest BCUT2D eigenvalue weighted by molar-refractivity contribution is 5.97. The predicted molar refractivity (Wildman–Crippen MR) is 128 cm³/mol. The van der Waals surface area contributed by atoms with Crippen molar-refractivity contribution in [3.8, 4) is 11.1 Å². The van der Waals surface area contributed by atoms with Gasteiger partial charge in [-0.2, -0.15) is 0 Å². The van der Waals surface area contributed by atoms with E-state index in [-0.39, 0.29) is 23.9 Å². The molecule has 4 rings (SSSR count). The maximum atomic E-state index is 14.0. The molecule has 1 N–H and O–H groups in total. The SMILES string of the molecule is Cc1ccccc1C(=O)N1CCN(C(=O)CNC(=O)c2ccc(-c3ccc(F)cc3F)cc2)CC1. The van der Waals surface area contributed by atoms with Gasteiger partial charge in [0, 0.05) is 48.9 Å². The number of amides is 3. The molecule has 1 aliphatic rings. The molecule has 1 fully saturated rings. The van der Waals surface area contributed by atoms with Gasteiger partial charge in [-0.1, -0.05) is 30.3 Å². The van der Waals surface area contributed by atoms with Crippen LogP contribution >= 0.6 is 0 Å². The van der Waals surface area contributed by atoms with E-state index >= 15 is 0 Å². The van der Waals surface area contributed by atoms with Crippen LogP contribution in [-0.2, 0) is 4.79 Å². The first-order valence-corrected chi connectivity index (χ1v) is 11.3. The minimum atomic E-state index is -0.687. The topological polar surface area (TPSA) is 69.7 Å². The van der Waals surface area contributed by atoms with Gasteiger partial charge in [-0.25, -0.2) is 8.78 Å². The van der Waals surface area contributed by atoms with Crippen LogP contribution in [0.3, 0.4) is 0 Å². The van der Waals surface area contributed by atoms with Crippen molar-refractivity contribution >= 4 is 17.7 Å². The molecule has 0 aromatic heterocycles. The number of hydrogen-bond acceptors (Lipinski definition) is 3. The maximum absolute atomic E-state index is 14.0. The van der Waals surface area contributed by atoms with Gasteiger partial charge in [0.25, 0.3) is 11.8 Å². The van der Waals surface area contributed by atoms with E-state index in [0.29, 0.717) is 42.9 Å². The summed E-state index contributed by atoms with van der Waals surface area (Å²) in [5.41, 5.74) is 2.63. The summed E-state index contributed by atoms with van der Waals surface area (Å²) in [5, 5.41) is 2.61. The van der Waals surface area contributed by atoms with Gasteiger partial charge < -0.3 is 15.1 Å². The first kappa shape index (κ1) is 24.1. The molecule has 1 aliphatic heterocycles. The van der Waals surface area contributed by atoms with Crippen LogP contribution in [0.15, 0.2) is 66.7 Å². The number of benzene rings is 3. The standard InChI is InChI=1S/C27H25F2N3O3/c1-18-4-2-3-5-22(18)27(35)32-14-12-31(13-15-32)25(33)17-30-26(34)20-8-6-19(7-9-20)23-11-10-21(28)16-24(23)29/h2-11,16H,12-15,17H2,1H3,(H,30,34). The fourth-order valence-corrected chi connectivity index (χ4v) is 4.04. The fourth-order valence-electron chi connectivity index (χ4n) is 4.04. The van der Waals surface area contributed by atoms with Gasteiger partial charge in [0.15, 0.2) is 0 Å². The molecule has 3 amide bonds. The van der Waals surface area contributed by atoms with E-state index in [2.05, 4.69) is 5.32 Å². The average molecular weight is 478 g/mol. The third-order valence-corrected chi connectivity index (χ3v) is 6.08. The van der Waals surface area contributed by atoms with Gasteiger partial charge in [-0.15, -0.1) is 0 Å². The zero-order chi connectivity index (χ0) is 24.9. The van der Waals surface area contributed by atoms with Gasteiger partial charge >= 0.3 is 0 Å². The van der Waals surface area contributed by atoms with Crippen LogP contribution in [0.25, 0.3) is 11.1 Å². The average Bonchev–Trinajstić information content (AvgIpc) is 2.87. The van der Waals surface area contributed by atoms with Gasteiger partial charge in [-0.05, 0) is 48.4 Å². The zero-order valence-corrected chi connectivity index (χ0v) is 19.3. The largest absolute Gasteiger partial charge is 0.343 e. The molecule has 0 radical (unpaired) electrons. The summed E-state index contributed by atoms with van der Waals surface area (Å²) in [6.07, 6.45) is 0. The third-order valence-electron chi connectivity index (χ3n) is 6.08. The summed E-state index contributed by atoms with van der Waals surface area (Å²) in [6, 6.07) is 16.9. The molecule has 0 saturated carbocycles. The third kappa shape index (κ3) is 5.54. The summed E-state index contributed by atoms with van der Waals surface area (Å²) in [7, 11) is 0. The number of hydrogen-bond donors (Lipinski definition) is 1. The van der Waals surface area contributed by atoms with Crippen molar-refractivity contribution in [2.45, 2.75) is 6.92 Å². The molecule has 3 aromatic rings. The van der Waals surface area contributed by atoms with E-state index in [0.717, 1.165) is 11.6 Å². The van der Waals surface area contributed by atoms with Crippen LogP contribution in [0.5, 0.6) is 0 Å². The van der Waals surface area contributed by atoms with Crippen molar-refractivity contribution in [3.63, 3.8) is 0 Å². The molecule has 0 spiro atoms. The van der Waals surface area contributed by atoms with E-state index in [1.165, 1.54) is 24.3 Å². The van der Waals surface area contributed by atoms with E-state index in [1.807, 2.05) is 25.1 Å². The van der Waals surface area contributed by atoms with Gasteiger partial charge in [0.1, 0.15) is 11.6 Å². The van der Waals surface area contributed by atoms with Gasteiger partial charge in [0.2, 0.25) is 5.91 Å². The second kappa shape index (κ2) is 10.5. The lowest BCUT2D eigenvalue weighted by molar-refractivity contribution is -0.131. The Hall–Kier alpha value is -4.07. The molecule has 0 atom stereocenters. The summed E-state index contributed by atoms with van der Waals surface area (Å²) >= 11 is 0. The Morgan fingerprint density at radius 2 is 1.51 bits per heavy atom. The number of nitrogens with one attached hydrogen (secondary N) is 1. The van der Waals surface area contributed by atoms with Crippen molar-refractivity contribution in [3.05, 3.63) is 95.1 Å². The Labute approximate surface area is 202 Å². The minimum Gasteiger partial charge on any atom is -0.343 e. The van der Waals surface area contributed by atoms with Crippen LogP contribution < -0.4 is 5.32 Å². The molecule has 1 saturated heterocycles. The number of carbonyl (C=O) groups is 3. The molecular formula is C27H25F2N3O3. The van der Waals surface area contributed by atoms with Crippen molar-refractivity contribution in [2.24, 2.45) is 0 Å². The lowest BCUT2D eigenvalue weighted by Crippen LogP contribution is -2.52. The summed E-state index contributed by atoms with van der Waals surface area (Å²) in [6.45, 7) is 3.36. The van der Waals surface area contributed by atoms with Crippen LogP contribution in [0.4, 0.5) is 8.78 Å². The van der Waals surface area contributed by atoms with E-state index in [4.69, 9.17) is 0 Å². The monoisotopic (exact) mass is 477 g/mol. The van der Waals surface area contributed by atoms with Crippen LogP contribution in [-0.4, -0.2) is 60.2 Å². The lowest BCUT2D eigenvalue weighted by Gasteiger charge is -2.35. The molecule has 0 unspecified atom stereocenters. The molecular weight excluding hydrogens is 452 g/mol. The molecule has 1 heterocycles. The fraction of sp³-hybridized carbons (Fsp3) is 0.222. The predicted octanol–water partition coefficient (Wildman–Crippen LogP) is 3.65. The molecule has 8 heteroatoms. The van der Waals surface area contributed by atoms with Crippen LogP contribution in [0.1, 0.15) is 26.3 Å². The number of rotatable bonds is 5. The van der Waals surface area contributed by atoms with Crippen molar-refractivity contribution in [1.82, 2.24) is 15.1 Å². The normalized spacial score (nSPS) is 13.5. The smallest absolute Gasteiger partial charge is 0.254 e. The van der Waals surface area contributed by atoms with E-state index < -0.39 is 17.5 Å². The second-order valence-electron chi connectivity index (χ2n) is 8.37. The summed E-state index contributed by atoms with van der Waals surface area (Å²) in [4.78, 5) is 41.1. The maximum Gasteiger partial charge on any atom is 0.254 e. The quantitative estimate of drug-likeness (QED) is 0.610. The van der Waals surface area contributed by atoms with Crippen LogP contribution in [0.2, 0.25) is 0 Å². The second-order valence-corrected chi connectivity index (χ2v) is 8.37. The Morgan fingerprint density at radius 1 is 0.857 bits per heavy atom. The van der Waals surface area contributed by atoms with E-state index in [9.17, 15) is 23.2 Å². The Balaban J connectivity index is 1.28. The summed E-state index contributed by atoms with van der Waals surface area (Å²) in [5.74, 6) is -2.06. The Kier molecular flexibility index (Phi) is 7.19. The Bertz CT molecular complexity index is 1250. The van der Waals surface area contributed by atoms with Crippen molar-refractivity contribution < 1.29 is 23.2 Å². The van der Waals surface area contributed by atoms with Gasteiger partial charge in [0.05, 0.1) is 6.54 Å². The molecule has 3 aromatic carbocycles. The van der Waals surface area contributed by atoms with E-state index in [1.54, 1.807) is 28.0 Å². The highest BCUT2D eigenvalue weighted by atomic mass is 19.1. The molecule has 6 nitrogen and oxygen atoms in total.